The fourth-order valence-electron chi connectivity index (χ4n) is 3.07. The first-order chi connectivity index (χ1) is 13.4. The van der Waals surface area contributed by atoms with Gasteiger partial charge in [-0.3, -0.25) is 4.98 Å². The molecule has 0 saturated heterocycles. The number of aryl methyl sites for hydroxylation is 1. The van der Waals surface area contributed by atoms with E-state index in [0.717, 1.165) is 48.5 Å². The molecule has 1 unspecified atom stereocenters. The molecule has 2 aliphatic rings. The zero-order valence-corrected chi connectivity index (χ0v) is 19.4. The highest BCUT2D eigenvalue weighted by Crippen LogP contribution is 2.29. The van der Waals surface area contributed by atoms with Crippen LogP contribution in [0.3, 0.4) is 0 Å². The molecule has 0 spiro atoms. The van der Waals surface area contributed by atoms with Crippen LogP contribution in [-0.4, -0.2) is 28.3 Å². The van der Waals surface area contributed by atoms with Crippen LogP contribution in [0.15, 0.2) is 28.5 Å². The lowest BCUT2D eigenvalue weighted by atomic mass is 10.1. The number of nitrogens with one attached hydrogen (secondary N) is 1. The molecule has 1 atom stereocenters. The van der Waals surface area contributed by atoms with Crippen molar-refractivity contribution in [3.63, 3.8) is 0 Å². The van der Waals surface area contributed by atoms with E-state index in [-0.39, 0.29) is 6.10 Å². The largest absolute Gasteiger partial charge is 0.491 e. The van der Waals surface area contributed by atoms with E-state index in [1.54, 1.807) is 6.20 Å². The summed E-state index contributed by atoms with van der Waals surface area (Å²) in [6, 6.07) is 1.94. The fraction of sp³-hybridized carbons (Fsp3) is 0.652. The number of hydrogen-bond acceptors (Lipinski definition) is 5. The maximum Gasteiger partial charge on any atom is 0.171 e. The molecule has 0 fully saturated rings. The minimum absolute atomic E-state index is 0.229. The van der Waals surface area contributed by atoms with Crippen molar-refractivity contribution in [2.75, 3.05) is 0 Å². The van der Waals surface area contributed by atoms with Gasteiger partial charge in [-0.2, -0.15) is 0 Å². The SMILES string of the molecule is CC.CC.CC1=NC(O)C2=C(CCC2)N1.CCc1c(OC(C)C)ccnc1C. The Balaban J connectivity index is 0.000000445. The van der Waals surface area contributed by atoms with Crippen LogP contribution in [0, 0.1) is 6.92 Å². The maximum atomic E-state index is 9.46. The Morgan fingerprint density at radius 2 is 1.82 bits per heavy atom. The van der Waals surface area contributed by atoms with Gasteiger partial charge in [-0.25, -0.2) is 4.99 Å². The molecule has 0 amide bonds. The zero-order valence-electron chi connectivity index (χ0n) is 19.4. The molecule has 5 heteroatoms. The Kier molecular flexibility index (Phi) is 13.2. The summed E-state index contributed by atoms with van der Waals surface area (Å²) in [5.41, 5.74) is 4.58. The minimum atomic E-state index is -0.561. The van der Waals surface area contributed by atoms with Gasteiger partial charge in [0.25, 0.3) is 0 Å². The highest BCUT2D eigenvalue weighted by Gasteiger charge is 2.24. The molecule has 160 valence electrons. The van der Waals surface area contributed by atoms with Crippen molar-refractivity contribution in [2.24, 2.45) is 4.99 Å². The summed E-state index contributed by atoms with van der Waals surface area (Å²) in [4.78, 5) is 8.27. The average Bonchev–Trinajstić information content (AvgIpc) is 3.14. The van der Waals surface area contributed by atoms with Crippen LogP contribution in [0.4, 0.5) is 0 Å². The molecule has 28 heavy (non-hydrogen) atoms. The number of rotatable bonds is 3. The van der Waals surface area contributed by atoms with Crippen LogP contribution in [0.25, 0.3) is 0 Å². The summed E-state index contributed by atoms with van der Waals surface area (Å²) in [6.45, 7) is 18.1. The van der Waals surface area contributed by atoms with Crippen LogP contribution < -0.4 is 10.1 Å². The summed E-state index contributed by atoms with van der Waals surface area (Å²) in [7, 11) is 0. The summed E-state index contributed by atoms with van der Waals surface area (Å²) in [6.07, 6.45) is 5.66. The van der Waals surface area contributed by atoms with E-state index in [1.807, 2.05) is 61.5 Å². The molecule has 0 radical (unpaired) electrons. The molecule has 0 aromatic carbocycles. The van der Waals surface area contributed by atoms with E-state index < -0.39 is 6.23 Å². The first-order valence-electron chi connectivity index (χ1n) is 10.7. The first-order valence-corrected chi connectivity index (χ1v) is 10.7. The third-order valence-electron chi connectivity index (χ3n) is 4.16. The predicted molar refractivity (Wildman–Crippen MR) is 120 cm³/mol. The van der Waals surface area contributed by atoms with Crippen molar-refractivity contribution < 1.29 is 9.84 Å². The van der Waals surface area contributed by atoms with Crippen LogP contribution >= 0.6 is 0 Å². The van der Waals surface area contributed by atoms with Crippen LogP contribution in [-0.2, 0) is 6.42 Å². The zero-order chi connectivity index (χ0) is 21.7. The molecule has 2 heterocycles. The molecular formula is C23H41N3O2. The van der Waals surface area contributed by atoms with Crippen molar-refractivity contribution in [1.29, 1.82) is 0 Å². The van der Waals surface area contributed by atoms with Crippen LogP contribution in [0.1, 0.15) is 85.9 Å². The number of allylic oxidation sites excluding steroid dienone is 1. The second kappa shape index (κ2) is 14.2. The molecule has 1 aromatic heterocycles. The number of amidine groups is 1. The van der Waals surface area contributed by atoms with Gasteiger partial charge in [-0.15, -0.1) is 0 Å². The second-order valence-corrected chi connectivity index (χ2v) is 6.46. The third kappa shape index (κ3) is 8.01. The van der Waals surface area contributed by atoms with Crippen molar-refractivity contribution >= 4 is 5.84 Å². The van der Waals surface area contributed by atoms with Gasteiger partial charge in [0.1, 0.15) is 11.6 Å². The number of hydrogen-bond donors (Lipinski definition) is 2. The Bertz CT molecular complexity index is 637. The van der Waals surface area contributed by atoms with E-state index in [4.69, 9.17) is 4.74 Å². The van der Waals surface area contributed by atoms with Crippen LogP contribution in [0.2, 0.25) is 0 Å². The van der Waals surface area contributed by atoms with Crippen LogP contribution in [0.5, 0.6) is 5.75 Å². The lowest BCUT2D eigenvalue weighted by Crippen LogP contribution is -2.28. The number of aliphatic hydroxyl groups excluding tert-OH is 1. The van der Waals surface area contributed by atoms with Gasteiger partial charge in [0.15, 0.2) is 6.23 Å². The van der Waals surface area contributed by atoms with Gasteiger partial charge in [0.05, 0.1) is 6.10 Å². The maximum absolute atomic E-state index is 9.46. The predicted octanol–water partition coefficient (Wildman–Crippen LogP) is 5.56. The first kappa shape index (κ1) is 26.1. The molecular weight excluding hydrogens is 350 g/mol. The van der Waals surface area contributed by atoms with Gasteiger partial charge in [-0.05, 0) is 65.0 Å². The lowest BCUT2D eigenvalue weighted by Gasteiger charge is -2.18. The van der Waals surface area contributed by atoms with E-state index in [2.05, 4.69) is 22.2 Å². The molecule has 5 nitrogen and oxygen atoms in total. The number of pyridine rings is 1. The average molecular weight is 392 g/mol. The molecule has 0 saturated carbocycles. The number of nitrogens with zero attached hydrogens (tertiary/aromatic N) is 2. The number of aliphatic imine (C=N–C) groups is 1. The quantitative estimate of drug-likeness (QED) is 0.708. The smallest absolute Gasteiger partial charge is 0.171 e. The standard InChI is InChI=1S/C11H17NO.C8H12N2O.2C2H6/c1-5-10-9(4)12-7-6-11(10)13-8(2)3;1-5-9-7-4-2-3-6(7)8(11)10-5;2*1-2/h6-8H,5H2,1-4H3;8,11H,2-4H2,1H3,(H,9,10);2*1-2H3. The molecule has 1 aromatic rings. The fourth-order valence-corrected chi connectivity index (χ4v) is 3.07. The van der Waals surface area contributed by atoms with Crippen molar-refractivity contribution in [1.82, 2.24) is 10.3 Å². The Morgan fingerprint density at radius 3 is 2.39 bits per heavy atom. The van der Waals surface area contributed by atoms with Crippen molar-refractivity contribution in [3.05, 3.63) is 34.8 Å². The summed E-state index contributed by atoms with van der Waals surface area (Å²) >= 11 is 0. The highest BCUT2D eigenvalue weighted by molar-refractivity contribution is 5.82. The van der Waals surface area contributed by atoms with Gasteiger partial charge in [0.2, 0.25) is 0 Å². The molecule has 0 bridgehead atoms. The topological polar surface area (TPSA) is 66.7 Å². The van der Waals surface area contributed by atoms with Gasteiger partial charge in [-0.1, -0.05) is 34.6 Å². The Hall–Kier alpha value is -1.88. The summed E-state index contributed by atoms with van der Waals surface area (Å²) in [5.74, 6) is 1.81. The molecule has 1 aliphatic heterocycles. The second-order valence-electron chi connectivity index (χ2n) is 6.46. The van der Waals surface area contributed by atoms with E-state index in [1.165, 1.54) is 11.3 Å². The normalized spacial score (nSPS) is 17.0. The third-order valence-corrected chi connectivity index (χ3v) is 4.16. The molecule has 3 rings (SSSR count). The number of aliphatic hydroxyl groups is 1. The molecule has 2 N–H and O–H groups in total. The molecule has 1 aliphatic carbocycles. The summed E-state index contributed by atoms with van der Waals surface area (Å²) < 4.78 is 5.68. The Morgan fingerprint density at radius 1 is 1.18 bits per heavy atom. The van der Waals surface area contributed by atoms with Crippen molar-refractivity contribution in [2.45, 2.75) is 100 Å². The summed E-state index contributed by atoms with van der Waals surface area (Å²) in [5, 5.41) is 12.6. The van der Waals surface area contributed by atoms with Gasteiger partial charge < -0.3 is 15.2 Å². The lowest BCUT2D eigenvalue weighted by molar-refractivity contribution is 0.214. The van der Waals surface area contributed by atoms with E-state index >= 15 is 0 Å². The van der Waals surface area contributed by atoms with E-state index in [9.17, 15) is 5.11 Å². The Labute approximate surface area is 172 Å². The van der Waals surface area contributed by atoms with Gasteiger partial charge >= 0.3 is 0 Å². The van der Waals surface area contributed by atoms with Crippen molar-refractivity contribution in [3.8, 4) is 5.75 Å². The van der Waals surface area contributed by atoms with E-state index in [0.29, 0.717) is 0 Å². The number of ether oxygens (including phenoxy) is 1. The minimum Gasteiger partial charge on any atom is -0.491 e. The monoisotopic (exact) mass is 391 g/mol. The number of aromatic nitrogens is 1. The van der Waals surface area contributed by atoms with Gasteiger partial charge in [0, 0.05) is 23.2 Å². The highest BCUT2D eigenvalue weighted by atomic mass is 16.5.